The van der Waals surface area contributed by atoms with Crippen molar-refractivity contribution in [2.45, 2.75) is 6.54 Å². The van der Waals surface area contributed by atoms with Gasteiger partial charge in [0.25, 0.3) is 5.91 Å². The molecule has 0 bridgehead atoms. The number of rotatable bonds is 9. The summed E-state index contributed by atoms with van der Waals surface area (Å²) in [7, 11) is 2.92. The van der Waals surface area contributed by atoms with Crippen LogP contribution in [0.1, 0.15) is 15.9 Å². The normalized spacial score (nSPS) is 10.3. The molecule has 0 fully saturated rings. The van der Waals surface area contributed by atoms with Gasteiger partial charge in [0, 0.05) is 20.2 Å². The summed E-state index contributed by atoms with van der Waals surface area (Å²) in [5, 5.41) is 0. The van der Waals surface area contributed by atoms with Crippen molar-refractivity contribution in [1.82, 2.24) is 4.90 Å². The molecule has 1 amide bonds. The first-order valence-electron chi connectivity index (χ1n) is 8.36. The number of esters is 1. The monoisotopic (exact) mass is 435 g/mol. The van der Waals surface area contributed by atoms with E-state index >= 15 is 0 Å². The summed E-state index contributed by atoms with van der Waals surface area (Å²) in [6.07, 6.45) is 0. The van der Waals surface area contributed by atoms with Crippen LogP contribution < -0.4 is 4.74 Å². The highest BCUT2D eigenvalue weighted by atomic mass is 79.9. The van der Waals surface area contributed by atoms with Crippen LogP contribution in [0.5, 0.6) is 5.75 Å². The number of nitrogens with zero attached hydrogens (tertiary/aromatic N) is 1. The van der Waals surface area contributed by atoms with E-state index in [4.69, 9.17) is 9.47 Å². The van der Waals surface area contributed by atoms with Gasteiger partial charge in [0.1, 0.15) is 5.75 Å². The smallest absolute Gasteiger partial charge is 0.337 e. The predicted molar refractivity (Wildman–Crippen MR) is 105 cm³/mol. The molecular weight excluding hydrogens is 414 g/mol. The third kappa shape index (κ3) is 6.37. The van der Waals surface area contributed by atoms with Crippen molar-refractivity contribution in [3.8, 4) is 5.75 Å². The van der Waals surface area contributed by atoms with Gasteiger partial charge in [-0.3, -0.25) is 4.79 Å². The molecule has 0 aromatic heterocycles. The van der Waals surface area contributed by atoms with E-state index in [1.165, 1.54) is 7.11 Å². The number of benzene rings is 2. The Morgan fingerprint density at radius 1 is 1.07 bits per heavy atom. The summed E-state index contributed by atoms with van der Waals surface area (Å²) in [5.41, 5.74) is 1.43. The standard InChI is InChI=1S/C20H22BrNO5/c1-25-11-10-22(13-15-6-4-3-5-7-15)19(23)14-27-18-9-8-16(12-17(18)21)20(24)26-2/h3-9,12H,10-11,13-14H2,1-2H3. The molecule has 27 heavy (non-hydrogen) atoms. The number of carbonyl (C=O) groups excluding carboxylic acids is 2. The second-order valence-corrected chi connectivity index (χ2v) is 6.57. The Labute approximate surface area is 167 Å². The van der Waals surface area contributed by atoms with Crippen LogP contribution >= 0.6 is 15.9 Å². The molecule has 0 saturated heterocycles. The largest absolute Gasteiger partial charge is 0.483 e. The van der Waals surface area contributed by atoms with Gasteiger partial charge in [0.15, 0.2) is 6.61 Å². The zero-order valence-corrected chi connectivity index (χ0v) is 16.9. The first kappa shape index (κ1) is 20.9. The van der Waals surface area contributed by atoms with Gasteiger partial charge in [-0.1, -0.05) is 30.3 Å². The summed E-state index contributed by atoms with van der Waals surface area (Å²) < 4.78 is 16.0. The quantitative estimate of drug-likeness (QED) is 0.565. The van der Waals surface area contributed by atoms with Crippen LogP contribution in [0.3, 0.4) is 0 Å². The molecule has 0 aliphatic rings. The molecule has 0 spiro atoms. The summed E-state index contributed by atoms with van der Waals surface area (Å²) in [5.74, 6) is -0.116. The van der Waals surface area contributed by atoms with E-state index < -0.39 is 5.97 Å². The van der Waals surface area contributed by atoms with Gasteiger partial charge in [-0.25, -0.2) is 4.79 Å². The highest BCUT2D eigenvalue weighted by Crippen LogP contribution is 2.26. The van der Waals surface area contributed by atoms with Crippen LogP contribution in [0.25, 0.3) is 0 Å². The molecule has 0 N–H and O–H groups in total. The number of carbonyl (C=O) groups is 2. The van der Waals surface area contributed by atoms with Crippen LogP contribution in [0.4, 0.5) is 0 Å². The Hall–Kier alpha value is -2.38. The minimum absolute atomic E-state index is 0.118. The molecule has 0 aliphatic heterocycles. The lowest BCUT2D eigenvalue weighted by atomic mass is 10.2. The molecule has 2 aromatic carbocycles. The Kier molecular flexibility index (Phi) is 8.29. The SMILES string of the molecule is COCCN(Cc1ccccc1)C(=O)COc1ccc(C(=O)OC)cc1Br. The third-order valence-corrected chi connectivity index (χ3v) is 4.46. The third-order valence-electron chi connectivity index (χ3n) is 3.84. The van der Waals surface area contributed by atoms with Gasteiger partial charge in [-0.2, -0.15) is 0 Å². The highest BCUT2D eigenvalue weighted by Gasteiger charge is 2.16. The molecule has 0 unspecified atom stereocenters. The minimum Gasteiger partial charge on any atom is -0.483 e. The molecule has 0 radical (unpaired) electrons. The maximum absolute atomic E-state index is 12.6. The molecule has 144 valence electrons. The molecule has 0 aliphatic carbocycles. The van der Waals surface area contributed by atoms with E-state index in [1.54, 1.807) is 30.2 Å². The van der Waals surface area contributed by atoms with Crippen molar-refractivity contribution in [1.29, 1.82) is 0 Å². The van der Waals surface area contributed by atoms with E-state index in [9.17, 15) is 9.59 Å². The molecular formula is C20H22BrNO5. The lowest BCUT2D eigenvalue weighted by Crippen LogP contribution is -2.36. The predicted octanol–water partition coefficient (Wildman–Crippen LogP) is 3.29. The zero-order valence-electron chi connectivity index (χ0n) is 15.3. The van der Waals surface area contributed by atoms with Gasteiger partial charge in [-0.15, -0.1) is 0 Å². The van der Waals surface area contributed by atoms with Gasteiger partial charge in [0.2, 0.25) is 0 Å². The van der Waals surface area contributed by atoms with Crippen molar-refractivity contribution in [2.75, 3.05) is 34.0 Å². The summed E-state index contributed by atoms with van der Waals surface area (Å²) in [4.78, 5) is 25.9. The number of hydrogen-bond acceptors (Lipinski definition) is 5. The lowest BCUT2D eigenvalue weighted by molar-refractivity contribution is -0.134. The van der Waals surface area contributed by atoms with Crippen molar-refractivity contribution < 1.29 is 23.8 Å². The zero-order chi connectivity index (χ0) is 19.6. The fraction of sp³-hybridized carbons (Fsp3) is 0.300. The number of halogens is 1. The Balaban J connectivity index is 2.01. The lowest BCUT2D eigenvalue weighted by Gasteiger charge is -2.23. The average Bonchev–Trinajstić information content (AvgIpc) is 2.70. The van der Waals surface area contributed by atoms with E-state index in [1.807, 2.05) is 30.3 Å². The second-order valence-electron chi connectivity index (χ2n) is 5.72. The van der Waals surface area contributed by atoms with E-state index in [0.29, 0.717) is 35.5 Å². The van der Waals surface area contributed by atoms with Crippen molar-refractivity contribution >= 4 is 27.8 Å². The van der Waals surface area contributed by atoms with Gasteiger partial charge in [-0.05, 0) is 39.7 Å². The number of methoxy groups -OCH3 is 2. The van der Waals surface area contributed by atoms with Crippen LogP contribution in [-0.2, 0) is 20.8 Å². The van der Waals surface area contributed by atoms with Crippen molar-refractivity contribution in [3.05, 3.63) is 64.1 Å². The molecule has 0 saturated carbocycles. The summed E-state index contributed by atoms with van der Waals surface area (Å²) in [6, 6.07) is 14.5. The second kappa shape index (κ2) is 10.7. The van der Waals surface area contributed by atoms with E-state index in [0.717, 1.165) is 5.56 Å². The molecule has 0 heterocycles. The van der Waals surface area contributed by atoms with Gasteiger partial charge >= 0.3 is 5.97 Å². The van der Waals surface area contributed by atoms with Crippen LogP contribution in [0, 0.1) is 0 Å². The van der Waals surface area contributed by atoms with Crippen molar-refractivity contribution in [2.24, 2.45) is 0 Å². The van der Waals surface area contributed by atoms with Crippen LogP contribution in [0.15, 0.2) is 53.0 Å². The summed E-state index contributed by atoms with van der Waals surface area (Å²) >= 11 is 3.35. The molecule has 2 rings (SSSR count). The maximum Gasteiger partial charge on any atom is 0.337 e. The first-order chi connectivity index (χ1) is 13.0. The minimum atomic E-state index is -0.438. The van der Waals surface area contributed by atoms with Crippen LogP contribution in [0.2, 0.25) is 0 Å². The Morgan fingerprint density at radius 3 is 2.44 bits per heavy atom. The van der Waals surface area contributed by atoms with Crippen molar-refractivity contribution in [3.63, 3.8) is 0 Å². The van der Waals surface area contributed by atoms with Gasteiger partial charge < -0.3 is 19.1 Å². The topological polar surface area (TPSA) is 65.1 Å². The number of ether oxygens (including phenoxy) is 3. The molecule has 2 aromatic rings. The highest BCUT2D eigenvalue weighted by molar-refractivity contribution is 9.10. The number of amides is 1. The molecule has 0 atom stereocenters. The average molecular weight is 436 g/mol. The van der Waals surface area contributed by atoms with Gasteiger partial charge in [0.05, 0.1) is 23.8 Å². The molecule has 6 nitrogen and oxygen atoms in total. The van der Waals surface area contributed by atoms with E-state index in [2.05, 4.69) is 20.7 Å². The summed E-state index contributed by atoms with van der Waals surface area (Å²) in [6.45, 7) is 1.27. The Morgan fingerprint density at radius 2 is 1.81 bits per heavy atom. The fourth-order valence-electron chi connectivity index (χ4n) is 2.39. The maximum atomic E-state index is 12.6. The van der Waals surface area contributed by atoms with Crippen LogP contribution in [-0.4, -0.2) is 50.8 Å². The fourth-order valence-corrected chi connectivity index (χ4v) is 2.88. The first-order valence-corrected chi connectivity index (χ1v) is 9.15. The van der Waals surface area contributed by atoms with E-state index in [-0.39, 0.29) is 12.5 Å². The number of hydrogen-bond donors (Lipinski definition) is 0. The Bertz CT molecular complexity index is 766. The molecule has 7 heteroatoms.